The number of aliphatic hydroxyl groups excluding tert-OH is 2. The number of rotatable bonds is 12. The van der Waals surface area contributed by atoms with Crippen molar-refractivity contribution in [2.45, 2.75) is 55.6 Å². The Balaban J connectivity index is 1.21. The second kappa shape index (κ2) is 14.8. The van der Waals surface area contributed by atoms with E-state index in [1.807, 2.05) is 54.6 Å². The molecule has 1 aliphatic heterocycles. The van der Waals surface area contributed by atoms with E-state index >= 15 is 0 Å². The number of ether oxygens (including phenoxy) is 2. The summed E-state index contributed by atoms with van der Waals surface area (Å²) in [6.07, 6.45) is 6.36. The molecule has 2 aromatic rings. The van der Waals surface area contributed by atoms with Crippen LogP contribution >= 0.6 is 11.6 Å². The molecule has 7 heteroatoms. The summed E-state index contributed by atoms with van der Waals surface area (Å²) in [5.41, 5.74) is 2.72. The van der Waals surface area contributed by atoms with Gasteiger partial charge in [0.1, 0.15) is 12.7 Å². The van der Waals surface area contributed by atoms with Gasteiger partial charge in [-0.1, -0.05) is 66.7 Å². The number of nitrogens with zero attached hydrogens (tertiary/aromatic N) is 1. The summed E-state index contributed by atoms with van der Waals surface area (Å²) >= 11 is 6.66. The fourth-order valence-corrected chi connectivity index (χ4v) is 5.92. The minimum absolute atomic E-state index is 0.0495. The van der Waals surface area contributed by atoms with Gasteiger partial charge < -0.3 is 19.7 Å². The number of alkyl halides is 1. The van der Waals surface area contributed by atoms with E-state index in [-0.39, 0.29) is 23.2 Å². The summed E-state index contributed by atoms with van der Waals surface area (Å²) in [6.45, 7) is 4.48. The highest BCUT2D eigenvalue weighted by Crippen LogP contribution is 2.45. The summed E-state index contributed by atoms with van der Waals surface area (Å²) in [7, 11) is 0. The summed E-state index contributed by atoms with van der Waals surface area (Å²) in [5, 5.41) is 21.4. The number of unbranched alkanes of at least 4 members (excludes halogenated alkanes) is 1. The molecule has 0 radical (unpaired) electrons. The normalized spacial score (nSPS) is 25.0. The molecule has 2 aliphatic rings. The van der Waals surface area contributed by atoms with E-state index < -0.39 is 12.2 Å². The molecule has 0 aromatic heterocycles. The first kappa shape index (κ1) is 28.8. The maximum atomic E-state index is 12.0. The molecule has 1 saturated carbocycles. The zero-order valence-electron chi connectivity index (χ0n) is 22.0. The van der Waals surface area contributed by atoms with Crippen LogP contribution in [0.25, 0.3) is 0 Å². The Hall–Kier alpha value is -2.22. The Labute approximate surface area is 231 Å². The van der Waals surface area contributed by atoms with Crippen molar-refractivity contribution >= 4 is 17.6 Å². The minimum Gasteiger partial charge on any atom is -0.464 e. The van der Waals surface area contributed by atoms with Gasteiger partial charge in [-0.15, -0.1) is 11.6 Å². The highest BCUT2D eigenvalue weighted by molar-refractivity contribution is 6.21. The molecule has 1 saturated heterocycles. The predicted molar refractivity (Wildman–Crippen MR) is 149 cm³/mol. The smallest absolute Gasteiger partial charge is 0.305 e. The van der Waals surface area contributed by atoms with Gasteiger partial charge in [0.15, 0.2) is 0 Å². The molecule has 2 fully saturated rings. The van der Waals surface area contributed by atoms with Crippen LogP contribution in [0.3, 0.4) is 0 Å². The fraction of sp³-hybridized carbons (Fsp3) is 0.516. The number of carbonyl (C=O) groups is 1. The van der Waals surface area contributed by atoms with E-state index in [1.165, 1.54) is 0 Å². The lowest BCUT2D eigenvalue weighted by atomic mass is 9.84. The zero-order valence-corrected chi connectivity index (χ0v) is 22.7. The van der Waals surface area contributed by atoms with Crippen molar-refractivity contribution in [3.63, 3.8) is 0 Å². The topological polar surface area (TPSA) is 79.2 Å². The standard InChI is InChI=1S/C31H40ClNO5/c32-27-22-28(34)30(23-12-14-25(15-13-23)31(36)24-8-4-3-5-9-24)26(27)10-6-1-2-7-11-29(35)38-21-18-33-16-19-37-20-17-33/h1,3-6,8-9,12-15,26-28,30-31,34,36H,2,7,10-11,16-22H2/t26-,27+,28+,30+,31?/m0/s1. The lowest BCUT2D eigenvalue weighted by Crippen LogP contribution is -2.38. The Morgan fingerprint density at radius 3 is 2.53 bits per heavy atom. The van der Waals surface area contributed by atoms with Crippen LogP contribution < -0.4 is 0 Å². The van der Waals surface area contributed by atoms with Gasteiger partial charge in [0.2, 0.25) is 0 Å². The molecule has 0 bridgehead atoms. The van der Waals surface area contributed by atoms with Gasteiger partial charge in [-0.25, -0.2) is 0 Å². The molecule has 2 aromatic carbocycles. The average molecular weight is 542 g/mol. The Morgan fingerprint density at radius 1 is 1.08 bits per heavy atom. The molecule has 2 N–H and O–H groups in total. The van der Waals surface area contributed by atoms with Crippen LogP contribution in [0.2, 0.25) is 0 Å². The molecule has 0 amide bonds. The Kier molecular flexibility index (Phi) is 11.2. The minimum atomic E-state index is -0.680. The second-order valence-corrected chi connectivity index (χ2v) is 10.8. The number of aliphatic hydroxyl groups is 2. The third-order valence-electron chi connectivity index (χ3n) is 7.66. The SMILES string of the molecule is O=C(CCCC=CC[C@@H]1[C@@H](c2ccc(C(O)c3ccccc3)cc2)[C@H](O)C[C@H]1Cl)OCCN1CCOCC1. The van der Waals surface area contributed by atoms with Crippen LogP contribution in [0.4, 0.5) is 0 Å². The first-order chi connectivity index (χ1) is 18.5. The van der Waals surface area contributed by atoms with E-state index in [4.69, 9.17) is 21.1 Å². The third-order valence-corrected chi connectivity index (χ3v) is 8.16. The number of halogens is 1. The van der Waals surface area contributed by atoms with Crippen molar-refractivity contribution in [3.05, 3.63) is 83.4 Å². The number of hydrogen-bond donors (Lipinski definition) is 2. The first-order valence-electron chi connectivity index (χ1n) is 13.8. The maximum Gasteiger partial charge on any atom is 0.305 e. The molecule has 4 rings (SSSR count). The van der Waals surface area contributed by atoms with Crippen LogP contribution in [-0.4, -0.2) is 72.0 Å². The van der Waals surface area contributed by atoms with Crippen molar-refractivity contribution < 1.29 is 24.5 Å². The van der Waals surface area contributed by atoms with Gasteiger partial charge in [-0.2, -0.15) is 0 Å². The summed E-state index contributed by atoms with van der Waals surface area (Å²) in [5.74, 6) is -0.0724. The lowest BCUT2D eigenvalue weighted by molar-refractivity contribution is -0.144. The van der Waals surface area contributed by atoms with Gasteiger partial charge in [0.05, 0.1) is 19.3 Å². The van der Waals surface area contributed by atoms with Gasteiger partial charge in [0, 0.05) is 37.4 Å². The zero-order chi connectivity index (χ0) is 26.7. The van der Waals surface area contributed by atoms with Gasteiger partial charge in [-0.3, -0.25) is 9.69 Å². The number of hydrogen-bond acceptors (Lipinski definition) is 6. The fourth-order valence-electron chi connectivity index (χ4n) is 5.48. The molecule has 1 aliphatic carbocycles. The number of esters is 1. The number of carbonyl (C=O) groups excluding carboxylic acids is 1. The van der Waals surface area contributed by atoms with Gasteiger partial charge in [-0.05, 0) is 48.3 Å². The number of benzene rings is 2. The van der Waals surface area contributed by atoms with Crippen LogP contribution in [0.15, 0.2) is 66.7 Å². The monoisotopic (exact) mass is 541 g/mol. The van der Waals surface area contributed by atoms with E-state index in [0.29, 0.717) is 19.4 Å². The average Bonchev–Trinajstić information content (AvgIpc) is 3.23. The van der Waals surface area contributed by atoms with E-state index in [9.17, 15) is 15.0 Å². The van der Waals surface area contributed by atoms with E-state index in [2.05, 4.69) is 17.1 Å². The third kappa shape index (κ3) is 8.14. The van der Waals surface area contributed by atoms with E-state index in [0.717, 1.165) is 68.8 Å². The second-order valence-electron chi connectivity index (χ2n) is 10.3. The van der Waals surface area contributed by atoms with Crippen LogP contribution in [0, 0.1) is 5.92 Å². The molecule has 1 heterocycles. The summed E-state index contributed by atoms with van der Waals surface area (Å²) in [4.78, 5) is 14.3. The molecule has 1 unspecified atom stereocenters. The van der Waals surface area contributed by atoms with Crippen LogP contribution in [0.1, 0.15) is 60.8 Å². The largest absolute Gasteiger partial charge is 0.464 e. The Morgan fingerprint density at radius 2 is 1.79 bits per heavy atom. The van der Waals surface area contributed by atoms with Crippen LogP contribution in [0.5, 0.6) is 0 Å². The van der Waals surface area contributed by atoms with E-state index in [1.54, 1.807) is 0 Å². The number of allylic oxidation sites excluding steroid dienone is 2. The lowest BCUT2D eigenvalue weighted by Gasteiger charge is -2.26. The molecular formula is C31H40ClNO5. The number of morpholine rings is 1. The molecule has 38 heavy (non-hydrogen) atoms. The van der Waals surface area contributed by atoms with Crippen molar-refractivity contribution in [1.82, 2.24) is 4.90 Å². The van der Waals surface area contributed by atoms with Crippen molar-refractivity contribution in [3.8, 4) is 0 Å². The van der Waals surface area contributed by atoms with Crippen molar-refractivity contribution in [2.75, 3.05) is 39.5 Å². The summed E-state index contributed by atoms with van der Waals surface area (Å²) < 4.78 is 10.7. The Bertz CT molecular complexity index is 1010. The first-order valence-corrected chi connectivity index (χ1v) is 14.2. The molecular weight excluding hydrogens is 502 g/mol. The highest BCUT2D eigenvalue weighted by Gasteiger charge is 2.41. The molecule has 206 valence electrons. The van der Waals surface area contributed by atoms with Crippen molar-refractivity contribution in [2.24, 2.45) is 5.92 Å². The summed E-state index contributed by atoms with van der Waals surface area (Å²) in [6, 6.07) is 17.5. The van der Waals surface area contributed by atoms with Crippen LogP contribution in [-0.2, 0) is 14.3 Å². The van der Waals surface area contributed by atoms with Gasteiger partial charge in [0.25, 0.3) is 0 Å². The molecule has 0 spiro atoms. The van der Waals surface area contributed by atoms with Crippen molar-refractivity contribution in [1.29, 1.82) is 0 Å². The molecule has 6 nitrogen and oxygen atoms in total. The maximum absolute atomic E-state index is 12.0. The predicted octanol–water partition coefficient (Wildman–Crippen LogP) is 4.83. The molecule has 5 atom stereocenters. The quantitative estimate of drug-likeness (QED) is 0.173. The van der Waals surface area contributed by atoms with Gasteiger partial charge >= 0.3 is 5.97 Å². The highest BCUT2D eigenvalue weighted by atomic mass is 35.5.